The van der Waals surface area contributed by atoms with Crippen molar-refractivity contribution < 1.29 is 14.3 Å². The van der Waals surface area contributed by atoms with Gasteiger partial charge in [-0.1, -0.05) is 18.5 Å². The normalized spacial score (nSPS) is 25.0. The van der Waals surface area contributed by atoms with E-state index in [1.165, 1.54) is 6.42 Å². The van der Waals surface area contributed by atoms with Crippen LogP contribution in [0.1, 0.15) is 39.5 Å². The number of halogens is 1. The van der Waals surface area contributed by atoms with E-state index in [2.05, 4.69) is 11.8 Å². The monoisotopic (exact) mass is 433 g/mol. The lowest BCUT2D eigenvalue weighted by atomic mass is 9.92. The topological polar surface area (TPSA) is 53.1 Å². The van der Waals surface area contributed by atoms with Gasteiger partial charge in [-0.2, -0.15) is 0 Å². The minimum atomic E-state index is 0.0155. The Balaban J connectivity index is 1.33. The van der Waals surface area contributed by atoms with Gasteiger partial charge in [0.2, 0.25) is 11.8 Å². The molecule has 1 aromatic rings. The van der Waals surface area contributed by atoms with E-state index < -0.39 is 0 Å². The first-order valence-corrected chi connectivity index (χ1v) is 11.6. The standard InChI is InChI=1S/C23H32ClN3O3/c1-16-4-3-9-26(13-16)23(29)18-7-10-25(11-8-18)22(28)15-27-14-17(2)30-21-6-5-19(24)12-20(21)27/h5-6,12,16-18H,3-4,7-11,13-15H2,1-2H3/t16-,17-/m1/s1. The Morgan fingerprint density at radius 2 is 1.83 bits per heavy atom. The Labute approximate surface area is 184 Å². The molecule has 0 unspecified atom stereocenters. The molecule has 2 fully saturated rings. The first-order valence-electron chi connectivity index (χ1n) is 11.2. The summed E-state index contributed by atoms with van der Waals surface area (Å²) in [5.74, 6) is 1.82. The maximum absolute atomic E-state index is 13.0. The molecule has 2 amide bonds. The van der Waals surface area contributed by atoms with E-state index in [0.717, 1.165) is 43.8 Å². The molecule has 0 N–H and O–H groups in total. The number of hydrogen-bond acceptors (Lipinski definition) is 4. The van der Waals surface area contributed by atoms with Gasteiger partial charge < -0.3 is 19.4 Å². The third-order valence-electron chi connectivity index (χ3n) is 6.56. The average Bonchev–Trinajstić information content (AvgIpc) is 2.74. The molecule has 1 aromatic carbocycles. The van der Waals surface area contributed by atoms with Crippen LogP contribution in [0.3, 0.4) is 0 Å². The van der Waals surface area contributed by atoms with Crippen molar-refractivity contribution in [2.24, 2.45) is 11.8 Å². The SMILES string of the molecule is C[C@@H]1CCCN(C(=O)C2CCN(C(=O)CN3C[C@@H](C)Oc4ccc(Cl)cc43)CC2)C1. The number of anilines is 1. The zero-order valence-electron chi connectivity index (χ0n) is 18.0. The van der Waals surface area contributed by atoms with Crippen molar-refractivity contribution in [3.63, 3.8) is 0 Å². The fraction of sp³-hybridized carbons (Fsp3) is 0.652. The molecule has 0 aromatic heterocycles. The fourth-order valence-electron chi connectivity index (χ4n) is 4.94. The summed E-state index contributed by atoms with van der Waals surface area (Å²) < 4.78 is 5.88. The maximum atomic E-state index is 13.0. The highest BCUT2D eigenvalue weighted by molar-refractivity contribution is 6.31. The number of ether oxygens (including phenoxy) is 1. The van der Waals surface area contributed by atoms with Crippen molar-refractivity contribution >= 4 is 29.1 Å². The molecular weight excluding hydrogens is 402 g/mol. The number of carbonyl (C=O) groups excluding carboxylic acids is 2. The number of nitrogens with zero attached hydrogens (tertiary/aromatic N) is 3. The van der Waals surface area contributed by atoms with E-state index in [1.807, 2.05) is 34.9 Å². The van der Waals surface area contributed by atoms with E-state index in [-0.39, 0.29) is 17.9 Å². The summed E-state index contributed by atoms with van der Waals surface area (Å²) in [6.07, 6.45) is 3.86. The minimum Gasteiger partial charge on any atom is -0.487 e. The van der Waals surface area contributed by atoms with Crippen molar-refractivity contribution in [1.82, 2.24) is 9.80 Å². The van der Waals surface area contributed by atoms with Crippen LogP contribution < -0.4 is 9.64 Å². The summed E-state index contributed by atoms with van der Waals surface area (Å²) in [4.78, 5) is 31.9. The molecule has 0 saturated carbocycles. The fourth-order valence-corrected chi connectivity index (χ4v) is 5.10. The average molecular weight is 434 g/mol. The van der Waals surface area contributed by atoms with Crippen LogP contribution in [0, 0.1) is 11.8 Å². The number of hydrogen-bond donors (Lipinski definition) is 0. The number of carbonyl (C=O) groups is 2. The molecule has 0 aliphatic carbocycles. The van der Waals surface area contributed by atoms with Gasteiger partial charge >= 0.3 is 0 Å². The molecule has 7 heteroatoms. The van der Waals surface area contributed by atoms with Crippen LogP contribution in [-0.4, -0.2) is 67.0 Å². The number of fused-ring (bicyclic) bond motifs is 1. The lowest BCUT2D eigenvalue weighted by molar-refractivity contribution is -0.141. The lowest BCUT2D eigenvalue weighted by Crippen LogP contribution is -2.50. The molecule has 2 saturated heterocycles. The number of piperidine rings is 2. The van der Waals surface area contributed by atoms with Crippen LogP contribution in [0.2, 0.25) is 5.02 Å². The summed E-state index contributed by atoms with van der Waals surface area (Å²) >= 11 is 6.17. The molecular formula is C23H32ClN3O3. The first kappa shape index (κ1) is 21.3. The van der Waals surface area contributed by atoms with Crippen LogP contribution in [-0.2, 0) is 9.59 Å². The van der Waals surface area contributed by atoms with Gasteiger partial charge in [0.1, 0.15) is 11.9 Å². The Kier molecular flexibility index (Phi) is 6.42. The van der Waals surface area contributed by atoms with Crippen molar-refractivity contribution in [3.05, 3.63) is 23.2 Å². The van der Waals surface area contributed by atoms with E-state index in [1.54, 1.807) is 0 Å². The van der Waals surface area contributed by atoms with Crippen LogP contribution in [0.5, 0.6) is 5.75 Å². The lowest BCUT2D eigenvalue weighted by Gasteiger charge is -2.39. The van der Waals surface area contributed by atoms with Crippen LogP contribution >= 0.6 is 11.6 Å². The third kappa shape index (κ3) is 4.69. The van der Waals surface area contributed by atoms with E-state index in [9.17, 15) is 9.59 Å². The summed E-state index contributed by atoms with van der Waals surface area (Å²) in [7, 11) is 0. The summed E-state index contributed by atoms with van der Waals surface area (Å²) in [5.41, 5.74) is 0.873. The number of amides is 2. The van der Waals surface area contributed by atoms with Crippen LogP contribution in [0.25, 0.3) is 0 Å². The van der Waals surface area contributed by atoms with Gasteiger partial charge in [0.05, 0.1) is 18.8 Å². The summed E-state index contributed by atoms with van der Waals surface area (Å²) in [5, 5.41) is 0.635. The maximum Gasteiger partial charge on any atom is 0.242 e. The van der Waals surface area contributed by atoms with Crippen LogP contribution in [0.15, 0.2) is 18.2 Å². The van der Waals surface area contributed by atoms with Crippen LogP contribution in [0.4, 0.5) is 5.69 Å². The molecule has 0 spiro atoms. The molecule has 3 heterocycles. The zero-order valence-corrected chi connectivity index (χ0v) is 18.7. The summed E-state index contributed by atoms with van der Waals surface area (Å²) in [6, 6.07) is 5.53. The van der Waals surface area contributed by atoms with Crippen molar-refractivity contribution in [1.29, 1.82) is 0 Å². The predicted octanol–water partition coefficient (Wildman–Crippen LogP) is 3.42. The smallest absolute Gasteiger partial charge is 0.242 e. The van der Waals surface area contributed by atoms with E-state index >= 15 is 0 Å². The minimum absolute atomic E-state index is 0.0155. The Morgan fingerprint density at radius 3 is 2.57 bits per heavy atom. The quantitative estimate of drug-likeness (QED) is 0.732. The van der Waals surface area contributed by atoms with E-state index in [4.69, 9.17) is 16.3 Å². The molecule has 0 bridgehead atoms. The van der Waals surface area contributed by atoms with Gasteiger partial charge in [-0.3, -0.25) is 9.59 Å². The molecule has 0 radical (unpaired) electrons. The van der Waals surface area contributed by atoms with Gasteiger partial charge in [-0.15, -0.1) is 0 Å². The molecule has 3 aliphatic heterocycles. The largest absolute Gasteiger partial charge is 0.487 e. The highest BCUT2D eigenvalue weighted by Gasteiger charge is 2.33. The Morgan fingerprint density at radius 1 is 1.07 bits per heavy atom. The molecule has 30 heavy (non-hydrogen) atoms. The van der Waals surface area contributed by atoms with Gasteiger partial charge in [0, 0.05) is 37.1 Å². The highest BCUT2D eigenvalue weighted by Crippen LogP contribution is 2.35. The molecule has 6 nitrogen and oxygen atoms in total. The van der Waals surface area contributed by atoms with Crippen molar-refractivity contribution in [2.45, 2.75) is 45.6 Å². The Bertz CT molecular complexity index is 794. The molecule has 2 atom stereocenters. The van der Waals surface area contributed by atoms with E-state index in [0.29, 0.717) is 43.0 Å². The number of rotatable bonds is 3. The summed E-state index contributed by atoms with van der Waals surface area (Å²) in [6.45, 7) is 8.27. The second-order valence-corrected chi connectivity index (χ2v) is 9.54. The second-order valence-electron chi connectivity index (χ2n) is 9.11. The van der Waals surface area contributed by atoms with Crippen molar-refractivity contribution in [3.8, 4) is 5.75 Å². The van der Waals surface area contributed by atoms with Crippen molar-refractivity contribution in [2.75, 3.05) is 44.2 Å². The molecule has 3 aliphatic rings. The second kappa shape index (κ2) is 9.04. The Hall–Kier alpha value is -1.95. The predicted molar refractivity (Wildman–Crippen MR) is 118 cm³/mol. The van der Waals surface area contributed by atoms with Gasteiger partial charge in [-0.05, 0) is 56.7 Å². The molecule has 4 rings (SSSR count). The molecule has 164 valence electrons. The zero-order chi connectivity index (χ0) is 21.3. The van der Waals surface area contributed by atoms with Gasteiger partial charge in [0.15, 0.2) is 0 Å². The highest BCUT2D eigenvalue weighted by atomic mass is 35.5. The van der Waals surface area contributed by atoms with Gasteiger partial charge in [0.25, 0.3) is 0 Å². The first-order chi connectivity index (χ1) is 14.4. The number of likely N-dealkylation sites (tertiary alicyclic amines) is 2. The third-order valence-corrected chi connectivity index (χ3v) is 6.79. The number of benzene rings is 1. The van der Waals surface area contributed by atoms with Gasteiger partial charge in [-0.25, -0.2) is 0 Å².